The van der Waals surface area contributed by atoms with Crippen LogP contribution in [0.25, 0.3) is 0 Å². The highest BCUT2D eigenvalue weighted by Crippen LogP contribution is 2.32. The van der Waals surface area contributed by atoms with E-state index in [2.05, 4.69) is 10.1 Å². The van der Waals surface area contributed by atoms with Gasteiger partial charge in [-0.15, -0.1) is 11.8 Å². The highest BCUT2D eigenvalue weighted by Gasteiger charge is 2.15. The van der Waals surface area contributed by atoms with Crippen molar-refractivity contribution < 1.29 is 5.21 Å². The van der Waals surface area contributed by atoms with E-state index in [9.17, 15) is 0 Å². The second kappa shape index (κ2) is 6.05. The minimum Gasteiger partial charge on any atom is -0.411 e. The number of aromatic nitrogens is 1. The maximum absolute atomic E-state index is 8.51. The Bertz CT molecular complexity index is 400. The van der Waals surface area contributed by atoms with Crippen LogP contribution >= 0.6 is 11.8 Å². The van der Waals surface area contributed by atoms with Gasteiger partial charge in [-0.05, 0) is 31.9 Å². The summed E-state index contributed by atoms with van der Waals surface area (Å²) in [6.07, 6.45) is 8.14. The van der Waals surface area contributed by atoms with Crippen LogP contribution in [0.1, 0.15) is 43.4 Å². The topological polar surface area (TPSA) is 45.5 Å². The van der Waals surface area contributed by atoms with E-state index in [1.54, 1.807) is 0 Å². The molecule has 1 aromatic heterocycles. The molecule has 1 fully saturated rings. The summed E-state index contributed by atoms with van der Waals surface area (Å²) in [6.45, 7) is 1.95. The molecule has 0 amide bonds. The van der Waals surface area contributed by atoms with Crippen LogP contribution in [0.4, 0.5) is 0 Å². The van der Waals surface area contributed by atoms with E-state index in [1.807, 2.05) is 30.8 Å². The normalized spacial score (nSPS) is 17.7. The molecule has 1 aromatic rings. The van der Waals surface area contributed by atoms with E-state index in [0.29, 0.717) is 0 Å². The summed E-state index contributed by atoms with van der Waals surface area (Å²) in [6, 6.07) is 3.98. The zero-order chi connectivity index (χ0) is 12.1. The van der Waals surface area contributed by atoms with E-state index in [4.69, 9.17) is 5.21 Å². The van der Waals surface area contributed by atoms with Gasteiger partial charge in [0.2, 0.25) is 0 Å². The molecule has 1 N–H and O–H groups in total. The highest BCUT2D eigenvalue weighted by atomic mass is 32.2. The molecule has 0 spiro atoms. The maximum Gasteiger partial charge on any atom is 0.0966 e. The van der Waals surface area contributed by atoms with E-state index < -0.39 is 0 Å². The molecular formula is C13H18N2OS. The monoisotopic (exact) mass is 250 g/mol. The van der Waals surface area contributed by atoms with Crippen molar-refractivity contribution in [2.75, 3.05) is 0 Å². The molecule has 1 heterocycles. The Kier molecular flexibility index (Phi) is 4.42. The third-order valence-electron chi connectivity index (χ3n) is 3.14. The van der Waals surface area contributed by atoms with E-state index in [0.717, 1.165) is 21.5 Å². The first-order valence-corrected chi connectivity index (χ1v) is 6.99. The maximum atomic E-state index is 8.51. The Labute approximate surface area is 106 Å². The number of pyridine rings is 1. The number of nitrogens with zero attached hydrogens (tertiary/aromatic N) is 2. The first kappa shape index (κ1) is 12.4. The van der Waals surface area contributed by atoms with Gasteiger partial charge in [0.1, 0.15) is 0 Å². The van der Waals surface area contributed by atoms with Gasteiger partial charge in [-0.2, -0.15) is 0 Å². The Balaban J connectivity index is 2.03. The van der Waals surface area contributed by atoms with Crippen LogP contribution in [0.5, 0.6) is 0 Å². The smallest absolute Gasteiger partial charge is 0.0966 e. The lowest BCUT2D eigenvalue weighted by Crippen LogP contribution is -2.08. The highest BCUT2D eigenvalue weighted by molar-refractivity contribution is 7.99. The van der Waals surface area contributed by atoms with Crippen molar-refractivity contribution in [1.29, 1.82) is 0 Å². The van der Waals surface area contributed by atoms with Crippen molar-refractivity contribution in [1.82, 2.24) is 4.98 Å². The molecule has 1 aliphatic carbocycles. The number of aryl methyl sites for hydroxylation is 1. The van der Waals surface area contributed by atoms with Crippen molar-refractivity contribution in [3.63, 3.8) is 0 Å². The fourth-order valence-corrected chi connectivity index (χ4v) is 3.41. The molecule has 3 nitrogen and oxygen atoms in total. The molecule has 92 valence electrons. The predicted octanol–water partition coefficient (Wildman–Crippen LogP) is 3.62. The zero-order valence-electron chi connectivity index (χ0n) is 10.1. The number of hydrogen-bond acceptors (Lipinski definition) is 4. The van der Waals surface area contributed by atoms with Crippen LogP contribution in [-0.4, -0.2) is 21.7 Å². The van der Waals surface area contributed by atoms with Gasteiger partial charge in [0.05, 0.1) is 11.2 Å². The summed E-state index contributed by atoms with van der Waals surface area (Å²) in [5.74, 6) is 0. The fraction of sp³-hybridized carbons (Fsp3) is 0.538. The SMILES string of the molecule is Cc1nc(SC2CCCCC2)ccc1C=NO. The molecule has 0 aliphatic heterocycles. The lowest BCUT2D eigenvalue weighted by molar-refractivity contribution is 0.322. The molecular weight excluding hydrogens is 232 g/mol. The number of oxime groups is 1. The van der Waals surface area contributed by atoms with E-state index in [1.165, 1.54) is 38.3 Å². The molecule has 0 saturated heterocycles. The lowest BCUT2D eigenvalue weighted by atomic mass is 10.0. The fourth-order valence-electron chi connectivity index (χ4n) is 2.17. The number of thioether (sulfide) groups is 1. The molecule has 1 saturated carbocycles. The van der Waals surface area contributed by atoms with Crippen LogP contribution in [0.3, 0.4) is 0 Å². The molecule has 0 bridgehead atoms. The van der Waals surface area contributed by atoms with Gasteiger partial charge in [-0.25, -0.2) is 4.98 Å². The van der Waals surface area contributed by atoms with Gasteiger partial charge in [-0.3, -0.25) is 0 Å². The number of hydrogen-bond donors (Lipinski definition) is 1. The van der Waals surface area contributed by atoms with Crippen molar-refractivity contribution in [2.45, 2.75) is 49.3 Å². The molecule has 0 radical (unpaired) electrons. The molecule has 0 unspecified atom stereocenters. The zero-order valence-corrected chi connectivity index (χ0v) is 10.9. The van der Waals surface area contributed by atoms with Gasteiger partial charge >= 0.3 is 0 Å². The van der Waals surface area contributed by atoms with Crippen molar-refractivity contribution in [2.24, 2.45) is 5.16 Å². The van der Waals surface area contributed by atoms with Gasteiger partial charge in [-0.1, -0.05) is 24.4 Å². The predicted molar refractivity (Wildman–Crippen MR) is 71.1 cm³/mol. The Morgan fingerprint density at radius 1 is 1.35 bits per heavy atom. The molecule has 2 rings (SSSR count). The molecule has 0 aromatic carbocycles. The Hall–Kier alpha value is -1.03. The summed E-state index contributed by atoms with van der Waals surface area (Å²) in [5, 5.41) is 13.4. The van der Waals surface area contributed by atoms with E-state index in [-0.39, 0.29) is 0 Å². The van der Waals surface area contributed by atoms with Gasteiger partial charge < -0.3 is 5.21 Å². The molecule has 1 aliphatic rings. The molecule has 4 heteroatoms. The molecule has 0 atom stereocenters. The molecule has 17 heavy (non-hydrogen) atoms. The van der Waals surface area contributed by atoms with E-state index >= 15 is 0 Å². The second-order valence-corrected chi connectivity index (χ2v) is 5.77. The summed E-state index contributed by atoms with van der Waals surface area (Å²) in [7, 11) is 0. The summed E-state index contributed by atoms with van der Waals surface area (Å²) in [5.41, 5.74) is 1.80. The average molecular weight is 250 g/mol. The van der Waals surface area contributed by atoms with Crippen LogP contribution in [0, 0.1) is 6.92 Å². The van der Waals surface area contributed by atoms with Crippen molar-refractivity contribution in [3.05, 3.63) is 23.4 Å². The first-order chi connectivity index (χ1) is 8.29. The van der Waals surface area contributed by atoms with Crippen LogP contribution in [0.15, 0.2) is 22.3 Å². The Morgan fingerprint density at radius 3 is 2.76 bits per heavy atom. The van der Waals surface area contributed by atoms with Crippen LogP contribution in [-0.2, 0) is 0 Å². The third-order valence-corrected chi connectivity index (χ3v) is 4.41. The van der Waals surface area contributed by atoms with Crippen molar-refractivity contribution in [3.8, 4) is 0 Å². The summed E-state index contributed by atoms with van der Waals surface area (Å²) >= 11 is 1.89. The summed E-state index contributed by atoms with van der Waals surface area (Å²) < 4.78 is 0. The standard InChI is InChI=1S/C13H18N2OS/c1-10-11(9-14-16)7-8-13(15-10)17-12-5-3-2-4-6-12/h7-9,12,16H,2-6H2,1H3. The minimum atomic E-state index is 0.730. The third kappa shape index (κ3) is 3.46. The largest absolute Gasteiger partial charge is 0.411 e. The van der Waals surface area contributed by atoms with Gasteiger partial charge in [0, 0.05) is 16.5 Å². The van der Waals surface area contributed by atoms with Gasteiger partial charge in [0.15, 0.2) is 0 Å². The summed E-state index contributed by atoms with van der Waals surface area (Å²) in [4.78, 5) is 4.55. The van der Waals surface area contributed by atoms with Gasteiger partial charge in [0.25, 0.3) is 0 Å². The quantitative estimate of drug-likeness (QED) is 0.506. The van der Waals surface area contributed by atoms with Crippen LogP contribution in [0.2, 0.25) is 0 Å². The first-order valence-electron chi connectivity index (χ1n) is 6.11. The van der Waals surface area contributed by atoms with Crippen LogP contribution < -0.4 is 0 Å². The number of rotatable bonds is 3. The minimum absolute atomic E-state index is 0.730. The Morgan fingerprint density at radius 2 is 2.12 bits per heavy atom. The van der Waals surface area contributed by atoms with Crippen molar-refractivity contribution >= 4 is 18.0 Å². The second-order valence-electron chi connectivity index (χ2n) is 4.45. The average Bonchev–Trinajstić information content (AvgIpc) is 2.34. The lowest BCUT2D eigenvalue weighted by Gasteiger charge is -2.20.